The van der Waals surface area contributed by atoms with Gasteiger partial charge in [-0.2, -0.15) is 0 Å². The summed E-state index contributed by atoms with van der Waals surface area (Å²) in [6.07, 6.45) is 24.1. The molecule has 2 aromatic heterocycles. The third-order valence-electron chi connectivity index (χ3n) is 18.3. The van der Waals surface area contributed by atoms with Crippen LogP contribution >= 0.6 is 0 Å². The van der Waals surface area contributed by atoms with Crippen molar-refractivity contribution >= 4 is 44.8 Å². The number of fused-ring (bicyclic) bond motifs is 3. The molecule has 0 amide bonds. The van der Waals surface area contributed by atoms with Crippen molar-refractivity contribution in [3.05, 3.63) is 349 Å². The Morgan fingerprint density at radius 3 is 1.60 bits per heavy atom. The number of imidazole rings is 2. The van der Waals surface area contributed by atoms with Crippen molar-refractivity contribution < 1.29 is 0 Å². The Labute approximate surface area is 569 Å². The first-order valence-corrected chi connectivity index (χ1v) is 34.7. The monoisotopic (exact) mass is 1260 g/mol. The molecule has 0 saturated carbocycles. The molecule has 2 unspecified atom stereocenters. The molecule has 1 aliphatic heterocycles. The van der Waals surface area contributed by atoms with E-state index in [0.29, 0.717) is 5.92 Å². The molecule has 1 aliphatic carbocycles. The van der Waals surface area contributed by atoms with Crippen LogP contribution in [0.4, 0.5) is 22.7 Å². The molecule has 14 rings (SSSR count). The van der Waals surface area contributed by atoms with Gasteiger partial charge in [-0.1, -0.05) is 241 Å². The summed E-state index contributed by atoms with van der Waals surface area (Å²) in [6, 6.07) is 93.0. The molecule has 0 radical (unpaired) electrons. The molecule has 7 heteroatoms. The second kappa shape index (κ2) is 31.9. The Balaban J connectivity index is 0.000000294. The van der Waals surface area contributed by atoms with E-state index in [9.17, 15) is 0 Å². The maximum absolute atomic E-state index is 5.07. The Morgan fingerprint density at radius 1 is 0.542 bits per heavy atom. The summed E-state index contributed by atoms with van der Waals surface area (Å²) in [5.74, 6) is 2.49. The summed E-state index contributed by atoms with van der Waals surface area (Å²) in [7, 11) is 0. The highest BCUT2D eigenvalue weighted by Crippen LogP contribution is 2.46. The molecule has 2 atom stereocenters. The Morgan fingerprint density at radius 2 is 1.05 bits per heavy atom. The molecular formula is C89H89N7. The number of nitrogens with one attached hydrogen (secondary N) is 1. The van der Waals surface area contributed by atoms with Crippen LogP contribution in [0.15, 0.2) is 321 Å². The number of hydrogen-bond acceptors (Lipinski definition) is 5. The van der Waals surface area contributed by atoms with Crippen LogP contribution in [0.3, 0.4) is 0 Å². The second-order valence-electron chi connectivity index (χ2n) is 24.8. The molecule has 12 aromatic rings. The number of anilines is 4. The highest BCUT2D eigenvalue weighted by atomic mass is 15.3. The van der Waals surface area contributed by atoms with Gasteiger partial charge in [-0.25, -0.2) is 9.97 Å². The smallest absolute Gasteiger partial charge is 0.145 e. The van der Waals surface area contributed by atoms with E-state index in [-0.39, 0.29) is 6.17 Å². The fourth-order valence-electron chi connectivity index (χ4n) is 13.3. The van der Waals surface area contributed by atoms with Crippen LogP contribution in [0.25, 0.3) is 56.2 Å². The number of allylic oxidation sites excluding steroid dienone is 8. The normalized spacial score (nSPS) is 13.8. The SMILES string of the molecule is C=C/C=C(\C=C/CCC(C)Cc1ccc(-c2nc3ccccc3n2-c2ccccc2)cc1)N(C1=CC=C(CCCc2ccc(C3Nc4ccccc4N3c3ccccc3)cc2)CC1)c1ccc(CC)cc1.CC.CCc1ccc(-c2nc3ccccc3n2-c2ccccc2)cc1. The zero-order valence-electron chi connectivity index (χ0n) is 56.4. The molecule has 1 N–H and O–H groups in total. The van der Waals surface area contributed by atoms with Crippen LogP contribution in [-0.4, -0.2) is 19.1 Å². The topological polar surface area (TPSA) is 54.2 Å². The fourth-order valence-corrected chi connectivity index (χ4v) is 13.3. The zero-order valence-corrected chi connectivity index (χ0v) is 56.4. The van der Waals surface area contributed by atoms with E-state index < -0.39 is 0 Å². The number of para-hydroxylation sites is 9. The van der Waals surface area contributed by atoms with E-state index in [2.05, 4.69) is 331 Å². The van der Waals surface area contributed by atoms with Crippen LogP contribution in [-0.2, 0) is 25.7 Å². The van der Waals surface area contributed by atoms with Crippen molar-refractivity contribution in [2.45, 2.75) is 105 Å². The summed E-state index contributed by atoms with van der Waals surface area (Å²) in [6.45, 7) is 14.9. The van der Waals surface area contributed by atoms with Gasteiger partial charge in [0.1, 0.15) is 17.8 Å². The summed E-state index contributed by atoms with van der Waals surface area (Å²) >= 11 is 0. The second-order valence-corrected chi connectivity index (χ2v) is 24.8. The van der Waals surface area contributed by atoms with Crippen LogP contribution in [0.1, 0.15) is 107 Å². The molecule has 96 heavy (non-hydrogen) atoms. The number of rotatable bonds is 22. The first-order valence-electron chi connectivity index (χ1n) is 34.7. The highest BCUT2D eigenvalue weighted by molar-refractivity contribution is 5.85. The van der Waals surface area contributed by atoms with E-state index in [4.69, 9.17) is 9.97 Å². The van der Waals surface area contributed by atoms with Crippen molar-refractivity contribution in [2.75, 3.05) is 15.1 Å². The van der Waals surface area contributed by atoms with Crippen LogP contribution in [0.2, 0.25) is 0 Å². The average molecular weight is 1260 g/mol. The van der Waals surface area contributed by atoms with Crippen molar-refractivity contribution in [3.63, 3.8) is 0 Å². The molecule has 7 nitrogen and oxygen atoms in total. The van der Waals surface area contributed by atoms with Gasteiger partial charge < -0.3 is 15.1 Å². The fraction of sp³-hybridized carbons (Fsp3) is 0.191. The predicted molar refractivity (Wildman–Crippen MR) is 408 cm³/mol. The van der Waals surface area contributed by atoms with Crippen LogP contribution < -0.4 is 15.1 Å². The van der Waals surface area contributed by atoms with Gasteiger partial charge in [0, 0.05) is 45.3 Å². The van der Waals surface area contributed by atoms with Crippen LogP contribution in [0, 0.1) is 5.92 Å². The van der Waals surface area contributed by atoms with Gasteiger partial charge in [-0.3, -0.25) is 9.13 Å². The van der Waals surface area contributed by atoms with Gasteiger partial charge >= 0.3 is 0 Å². The van der Waals surface area contributed by atoms with Crippen molar-refractivity contribution in [1.82, 2.24) is 19.1 Å². The average Bonchev–Trinajstić information content (AvgIpc) is 1.64. The van der Waals surface area contributed by atoms with E-state index in [1.807, 2.05) is 32.1 Å². The molecule has 480 valence electrons. The number of aryl methyl sites for hydroxylation is 3. The Bertz CT molecular complexity index is 4610. The molecule has 10 aromatic carbocycles. The van der Waals surface area contributed by atoms with Gasteiger partial charge in [0.15, 0.2) is 0 Å². The van der Waals surface area contributed by atoms with Crippen LogP contribution in [0.5, 0.6) is 0 Å². The van der Waals surface area contributed by atoms with Crippen molar-refractivity contribution in [2.24, 2.45) is 5.92 Å². The molecule has 0 saturated heterocycles. The maximum Gasteiger partial charge on any atom is 0.145 e. The predicted octanol–water partition coefficient (Wildman–Crippen LogP) is 23.5. The van der Waals surface area contributed by atoms with Crippen molar-refractivity contribution in [1.29, 1.82) is 0 Å². The number of aromatic nitrogens is 4. The number of hydrogen-bond donors (Lipinski definition) is 1. The Hall–Kier alpha value is -10.8. The zero-order chi connectivity index (χ0) is 66.0. The third-order valence-corrected chi connectivity index (χ3v) is 18.3. The lowest BCUT2D eigenvalue weighted by molar-refractivity contribution is 0.536. The quantitative estimate of drug-likeness (QED) is 0.0686. The minimum atomic E-state index is 0.0503. The summed E-state index contributed by atoms with van der Waals surface area (Å²) in [4.78, 5) is 14.8. The van der Waals surface area contributed by atoms with E-state index in [1.54, 1.807) is 0 Å². The molecule has 0 bridgehead atoms. The van der Waals surface area contributed by atoms with Gasteiger partial charge in [0.25, 0.3) is 0 Å². The highest BCUT2D eigenvalue weighted by Gasteiger charge is 2.31. The van der Waals surface area contributed by atoms with Gasteiger partial charge in [0.05, 0.1) is 33.4 Å². The summed E-state index contributed by atoms with van der Waals surface area (Å²) in [5.41, 5.74) is 24.2. The minimum absolute atomic E-state index is 0.0503. The standard InChI is InChI=1S/C66H65N5.C21H18N2.C2H6/c1-4-19-56(27-13-12-20-49(3)48-53-34-42-55(43-35-53)66-68-62-29-15-17-31-64(62)71(66)58-25-10-7-11-26-58)69(59-44-36-50(5-2)37-45-59)60-46-38-52(39-47-60)22-18-21-51-32-40-54(41-33-51)65-67-61-28-14-16-30-63(61)70(65)57-23-8-6-9-24-57;1-2-16-12-14-17(15-13-16)21-22-19-10-6-7-11-20(19)23(21)18-8-4-3-5-9-18;1-2/h4,6-11,13-17,19,23-38,40-46,49,65,67H,1,5,12,18,20-22,39,47-48H2,2-3H3;3-15H,2H2,1H3;1-2H3/b27-13-,56-19+;;. The molecule has 0 spiro atoms. The van der Waals surface area contributed by atoms with E-state index >= 15 is 0 Å². The molecule has 2 aliphatic rings. The lowest BCUT2D eigenvalue weighted by atomic mass is 9.95. The molecule has 3 heterocycles. The summed E-state index contributed by atoms with van der Waals surface area (Å²) < 4.78 is 4.50. The summed E-state index contributed by atoms with van der Waals surface area (Å²) in [5, 5.41) is 3.78. The van der Waals surface area contributed by atoms with Gasteiger partial charge in [-0.15, -0.1) is 0 Å². The first-order chi connectivity index (χ1) is 47.4. The Kier molecular flexibility index (Phi) is 21.7. The van der Waals surface area contributed by atoms with Crippen molar-refractivity contribution in [3.8, 4) is 34.2 Å². The van der Waals surface area contributed by atoms with E-state index in [1.165, 1.54) is 61.8 Å². The van der Waals surface area contributed by atoms with Gasteiger partial charge in [0.2, 0.25) is 0 Å². The maximum atomic E-state index is 5.07. The minimum Gasteiger partial charge on any atom is -0.359 e. The molecular weight excluding hydrogens is 1170 g/mol. The lowest BCUT2D eigenvalue weighted by Gasteiger charge is -2.31. The first kappa shape index (κ1) is 65.3. The number of nitrogens with zero attached hydrogens (tertiary/aromatic N) is 6. The largest absolute Gasteiger partial charge is 0.359 e. The molecule has 0 fully saturated rings. The lowest BCUT2D eigenvalue weighted by Crippen LogP contribution is -2.23. The van der Waals surface area contributed by atoms with E-state index in [0.717, 1.165) is 126 Å². The third kappa shape index (κ3) is 15.2. The number of benzene rings is 10. The van der Waals surface area contributed by atoms with Gasteiger partial charge in [-0.05, 0) is 201 Å².